The zero-order chi connectivity index (χ0) is 17.9. The number of piperazine rings is 1. The van der Waals surface area contributed by atoms with E-state index in [0.29, 0.717) is 11.7 Å². The molecule has 1 aromatic heterocycles. The molecule has 0 saturated carbocycles. The normalized spacial score (nSPS) is 15.4. The molecular weight excluding hydrogens is 336 g/mol. The van der Waals surface area contributed by atoms with Crippen molar-refractivity contribution in [1.29, 1.82) is 0 Å². The van der Waals surface area contributed by atoms with E-state index >= 15 is 0 Å². The number of nitrogens with one attached hydrogen (secondary N) is 1. The molecule has 4 rings (SSSR count). The van der Waals surface area contributed by atoms with Gasteiger partial charge < -0.3 is 14.2 Å². The molecule has 3 aromatic rings. The molecule has 0 amide bonds. The number of hydrogen-bond acceptors (Lipinski definition) is 3. The minimum atomic E-state index is -0.267. The summed E-state index contributed by atoms with van der Waals surface area (Å²) in [5, 5.41) is 0. The largest absolute Gasteiger partial charge is 0.435 e. The zero-order valence-corrected chi connectivity index (χ0v) is 14.3. The van der Waals surface area contributed by atoms with Gasteiger partial charge in [0.05, 0.1) is 32.4 Å². The molecule has 4 nitrogen and oxygen atoms in total. The smallest absolute Gasteiger partial charge is 0.250 e. The number of nitrogens with zero attached hydrogens (tertiary/aromatic N) is 2. The lowest BCUT2D eigenvalue weighted by molar-refractivity contribution is -0.915. The van der Waals surface area contributed by atoms with Crippen LogP contribution in [0, 0.1) is 11.6 Å². The van der Waals surface area contributed by atoms with Crippen LogP contribution in [0.5, 0.6) is 0 Å². The van der Waals surface area contributed by atoms with Gasteiger partial charge in [0.2, 0.25) is 0 Å². The third-order valence-corrected chi connectivity index (χ3v) is 4.75. The van der Waals surface area contributed by atoms with Gasteiger partial charge in [0.25, 0.3) is 5.89 Å². The summed E-state index contributed by atoms with van der Waals surface area (Å²) in [6.45, 7) is 4.47. The van der Waals surface area contributed by atoms with Crippen LogP contribution in [-0.4, -0.2) is 31.2 Å². The van der Waals surface area contributed by atoms with Crippen molar-refractivity contribution >= 4 is 5.69 Å². The van der Waals surface area contributed by atoms with Crippen LogP contribution in [-0.2, 0) is 6.54 Å². The molecule has 6 heteroatoms. The average Bonchev–Trinajstić information content (AvgIpc) is 3.12. The molecule has 2 heterocycles. The van der Waals surface area contributed by atoms with Crippen LogP contribution in [0.15, 0.2) is 59.1 Å². The molecule has 1 saturated heterocycles. The second-order valence-electron chi connectivity index (χ2n) is 6.52. The molecule has 1 N–H and O–H groups in total. The fourth-order valence-corrected chi connectivity index (χ4v) is 3.26. The van der Waals surface area contributed by atoms with E-state index in [9.17, 15) is 8.78 Å². The summed E-state index contributed by atoms with van der Waals surface area (Å²) in [4.78, 5) is 8.02. The quantitative estimate of drug-likeness (QED) is 0.780. The van der Waals surface area contributed by atoms with E-state index in [2.05, 4.69) is 9.88 Å². The molecule has 134 valence electrons. The van der Waals surface area contributed by atoms with Crippen molar-refractivity contribution in [3.63, 3.8) is 0 Å². The highest BCUT2D eigenvalue weighted by molar-refractivity contribution is 5.55. The lowest BCUT2D eigenvalue weighted by atomic mass is 10.2. The predicted octanol–water partition coefficient (Wildman–Crippen LogP) is 2.52. The predicted molar refractivity (Wildman–Crippen MR) is 94.9 cm³/mol. The Morgan fingerprint density at radius 2 is 1.54 bits per heavy atom. The Hall–Kier alpha value is -2.73. The van der Waals surface area contributed by atoms with Gasteiger partial charge in [-0.1, -0.05) is 0 Å². The summed E-state index contributed by atoms with van der Waals surface area (Å²) in [7, 11) is 0. The summed E-state index contributed by atoms with van der Waals surface area (Å²) in [5.41, 5.74) is 1.88. The van der Waals surface area contributed by atoms with Gasteiger partial charge in [0, 0.05) is 11.3 Å². The maximum atomic E-state index is 13.0. The molecule has 0 spiro atoms. The second-order valence-corrected chi connectivity index (χ2v) is 6.52. The third-order valence-electron chi connectivity index (χ3n) is 4.75. The first-order valence-corrected chi connectivity index (χ1v) is 8.72. The summed E-state index contributed by atoms with van der Waals surface area (Å²) < 4.78 is 31.9. The highest BCUT2D eigenvalue weighted by Crippen LogP contribution is 2.20. The molecule has 1 aliphatic rings. The molecule has 0 radical (unpaired) electrons. The van der Waals surface area contributed by atoms with Crippen LogP contribution in [0.1, 0.15) is 5.89 Å². The fraction of sp³-hybridized carbons (Fsp3) is 0.250. The maximum Gasteiger partial charge on any atom is 0.250 e. The Balaban J connectivity index is 1.34. The van der Waals surface area contributed by atoms with Crippen LogP contribution >= 0.6 is 0 Å². The minimum Gasteiger partial charge on any atom is -0.435 e. The third kappa shape index (κ3) is 3.75. The number of hydrogen-bond donors (Lipinski definition) is 1. The van der Waals surface area contributed by atoms with Gasteiger partial charge in [0.15, 0.2) is 12.3 Å². The first kappa shape index (κ1) is 16.7. The molecule has 0 bridgehead atoms. The second kappa shape index (κ2) is 7.25. The van der Waals surface area contributed by atoms with Gasteiger partial charge in [-0.2, -0.15) is 0 Å². The summed E-state index contributed by atoms with van der Waals surface area (Å²) >= 11 is 0. The molecule has 0 atom stereocenters. The summed E-state index contributed by atoms with van der Waals surface area (Å²) in [6.07, 6.45) is 1.69. The Kier molecular flexibility index (Phi) is 4.67. The zero-order valence-electron chi connectivity index (χ0n) is 14.3. The van der Waals surface area contributed by atoms with E-state index in [0.717, 1.165) is 44.0 Å². The Bertz CT molecular complexity index is 854. The molecule has 1 fully saturated rings. The fourth-order valence-electron chi connectivity index (χ4n) is 3.26. The maximum absolute atomic E-state index is 13.0. The van der Waals surface area contributed by atoms with Crippen LogP contribution in [0.4, 0.5) is 14.5 Å². The first-order valence-electron chi connectivity index (χ1n) is 8.72. The SMILES string of the molecule is Fc1ccc(-c2cnc(C[NH+]3CCN(c4ccc(F)cc4)CC3)o2)cc1. The summed E-state index contributed by atoms with van der Waals surface area (Å²) in [5.74, 6) is 0.870. The van der Waals surface area contributed by atoms with E-state index in [4.69, 9.17) is 4.42 Å². The number of anilines is 1. The highest BCUT2D eigenvalue weighted by atomic mass is 19.1. The number of quaternary nitrogens is 1. The Morgan fingerprint density at radius 1 is 0.923 bits per heavy atom. The van der Waals surface area contributed by atoms with Crippen molar-refractivity contribution in [1.82, 2.24) is 4.98 Å². The van der Waals surface area contributed by atoms with E-state index in [1.54, 1.807) is 18.3 Å². The number of rotatable bonds is 4. The molecule has 0 aliphatic carbocycles. The van der Waals surface area contributed by atoms with E-state index in [1.165, 1.54) is 29.2 Å². The number of aromatic nitrogens is 1. The van der Waals surface area contributed by atoms with Crippen molar-refractivity contribution in [2.45, 2.75) is 6.54 Å². The van der Waals surface area contributed by atoms with Crippen LogP contribution in [0.25, 0.3) is 11.3 Å². The molecule has 26 heavy (non-hydrogen) atoms. The van der Waals surface area contributed by atoms with Crippen molar-refractivity contribution in [3.8, 4) is 11.3 Å². The first-order chi connectivity index (χ1) is 12.7. The van der Waals surface area contributed by atoms with Crippen LogP contribution < -0.4 is 9.80 Å². The number of halogens is 2. The number of oxazole rings is 1. The van der Waals surface area contributed by atoms with Gasteiger partial charge in [-0.05, 0) is 48.5 Å². The molecule has 0 unspecified atom stereocenters. The number of benzene rings is 2. The van der Waals surface area contributed by atoms with Gasteiger partial charge in [-0.3, -0.25) is 0 Å². The van der Waals surface area contributed by atoms with Gasteiger partial charge >= 0.3 is 0 Å². The van der Waals surface area contributed by atoms with Crippen LogP contribution in [0.3, 0.4) is 0 Å². The van der Waals surface area contributed by atoms with E-state index in [-0.39, 0.29) is 11.6 Å². The van der Waals surface area contributed by atoms with Crippen LogP contribution in [0.2, 0.25) is 0 Å². The monoisotopic (exact) mass is 356 g/mol. The summed E-state index contributed by atoms with van der Waals surface area (Å²) in [6, 6.07) is 12.8. The molecular formula is C20H20F2N3O+. The average molecular weight is 356 g/mol. The lowest BCUT2D eigenvalue weighted by Crippen LogP contribution is -3.13. The van der Waals surface area contributed by atoms with Crippen molar-refractivity contribution in [2.75, 3.05) is 31.1 Å². The lowest BCUT2D eigenvalue weighted by Gasteiger charge is -2.33. The van der Waals surface area contributed by atoms with E-state index < -0.39 is 0 Å². The molecule has 1 aliphatic heterocycles. The highest BCUT2D eigenvalue weighted by Gasteiger charge is 2.22. The van der Waals surface area contributed by atoms with Crippen molar-refractivity contribution < 1.29 is 18.1 Å². The van der Waals surface area contributed by atoms with Gasteiger partial charge in [-0.15, -0.1) is 0 Å². The van der Waals surface area contributed by atoms with E-state index in [1.807, 2.05) is 12.1 Å². The van der Waals surface area contributed by atoms with Crippen molar-refractivity contribution in [2.24, 2.45) is 0 Å². The standard InChI is InChI=1S/C20H19F2N3O/c21-16-3-1-15(2-4-16)19-13-23-20(26-19)14-24-9-11-25(12-10-24)18-7-5-17(22)6-8-18/h1-8,13H,9-12,14H2/p+1. The molecule has 2 aromatic carbocycles. The van der Waals surface area contributed by atoms with Gasteiger partial charge in [-0.25, -0.2) is 13.8 Å². The minimum absolute atomic E-state index is 0.209. The van der Waals surface area contributed by atoms with Crippen molar-refractivity contribution in [3.05, 3.63) is 72.3 Å². The topological polar surface area (TPSA) is 33.7 Å². The Morgan fingerprint density at radius 3 is 2.19 bits per heavy atom. The van der Waals surface area contributed by atoms with Gasteiger partial charge in [0.1, 0.15) is 11.6 Å². The Labute approximate surface area is 150 Å².